The number of non-ortho nitro benzene ring substituents is 1. The van der Waals surface area contributed by atoms with E-state index >= 15 is 0 Å². The number of aromatic nitrogens is 1. The van der Waals surface area contributed by atoms with Crippen molar-refractivity contribution in [3.8, 4) is 0 Å². The quantitative estimate of drug-likeness (QED) is 0.0883. The molecule has 3 aromatic rings. The lowest BCUT2D eigenvalue weighted by molar-refractivity contribution is -0.383. The van der Waals surface area contributed by atoms with Crippen LogP contribution in [0.4, 0.5) is 24.0 Å². The van der Waals surface area contributed by atoms with E-state index in [2.05, 4.69) is 63.9 Å². The van der Waals surface area contributed by atoms with E-state index < -0.39 is 39.1 Å². The first kappa shape index (κ1) is 48.0. The van der Waals surface area contributed by atoms with Crippen LogP contribution in [0.5, 0.6) is 0 Å². The predicted octanol–water partition coefficient (Wildman–Crippen LogP) is 12.2. The van der Waals surface area contributed by atoms with Gasteiger partial charge in [0.1, 0.15) is 4.70 Å². The average molecular weight is 876 g/mol. The lowest BCUT2D eigenvalue weighted by Crippen LogP contribution is -2.45. The maximum atomic E-state index is 13.1. The van der Waals surface area contributed by atoms with Gasteiger partial charge in [-0.1, -0.05) is 82.2 Å². The molecule has 2 saturated heterocycles. The molecule has 1 atom stereocenters. The van der Waals surface area contributed by atoms with Gasteiger partial charge in [0.05, 0.1) is 28.6 Å². The van der Waals surface area contributed by atoms with E-state index in [0.29, 0.717) is 67.8 Å². The summed E-state index contributed by atoms with van der Waals surface area (Å²) in [5.74, 6) is -0.735. The van der Waals surface area contributed by atoms with E-state index in [9.17, 15) is 37.7 Å². The number of halogens is 3. The smallest absolute Gasteiger partial charge is 0.348 e. The summed E-state index contributed by atoms with van der Waals surface area (Å²) in [7, 11) is 0. The van der Waals surface area contributed by atoms with Crippen LogP contribution in [0.1, 0.15) is 132 Å². The fourth-order valence-electron chi connectivity index (χ4n) is 7.60. The number of Topliss-reactive ketones (excluding diaryl/α,β-unsaturated/α-hetero) is 1. The molecule has 0 unspecified atom stereocenters. The monoisotopic (exact) mass is 875 g/mol. The van der Waals surface area contributed by atoms with Crippen LogP contribution < -0.4 is 10.5 Å². The lowest BCUT2D eigenvalue weighted by Gasteiger charge is -2.37. The number of nitro benzene ring substituents is 1. The van der Waals surface area contributed by atoms with Crippen LogP contribution in [-0.4, -0.2) is 53.1 Å². The fourth-order valence-corrected chi connectivity index (χ4v) is 8.71. The topological polar surface area (TPSA) is 129 Å². The summed E-state index contributed by atoms with van der Waals surface area (Å²) in [6, 6.07) is 8.16. The van der Waals surface area contributed by atoms with Gasteiger partial charge in [0.15, 0.2) is 22.5 Å². The van der Waals surface area contributed by atoms with Crippen LogP contribution in [0.2, 0.25) is 0 Å². The van der Waals surface area contributed by atoms with Crippen LogP contribution in [0.25, 0.3) is 10.1 Å². The van der Waals surface area contributed by atoms with Crippen LogP contribution in [-0.2, 0) is 15.7 Å². The molecule has 0 bridgehead atoms. The van der Waals surface area contributed by atoms with Gasteiger partial charge in [-0.15, -0.1) is 0 Å². The van der Waals surface area contributed by atoms with Crippen molar-refractivity contribution in [1.82, 2.24) is 4.98 Å². The number of allylic oxidation sites excluding steroid dienone is 10. The first-order valence-electron chi connectivity index (χ1n) is 21.1. The van der Waals surface area contributed by atoms with Crippen molar-refractivity contribution in [3.05, 3.63) is 132 Å². The SMILES string of the molecule is CC(C)=CCC/C(C)=C/CC/C(C)=C/CC/C(C)=C/CCC1=CC(=O)c2ccccc2C1=O.C[C@H]1COC2(CCN(c3nc(=O)c4cc(C(F)(F)F)cc([N+](=O)[O-])c4s3)CC2)O1. The molecule has 14 heteroatoms. The normalized spacial score (nSPS) is 18.1. The molecule has 3 heterocycles. The summed E-state index contributed by atoms with van der Waals surface area (Å²) in [6.07, 6.45) is 15.0. The van der Waals surface area contributed by atoms with E-state index in [0.717, 1.165) is 56.3 Å². The molecular weight excluding hydrogens is 820 g/mol. The predicted molar refractivity (Wildman–Crippen MR) is 239 cm³/mol. The molecule has 2 fully saturated rings. The summed E-state index contributed by atoms with van der Waals surface area (Å²) in [5, 5.41) is 11.2. The Labute approximate surface area is 365 Å². The van der Waals surface area contributed by atoms with Crippen molar-refractivity contribution in [1.29, 1.82) is 0 Å². The Hall–Kier alpha value is -5.05. The Kier molecular flexibility index (Phi) is 16.5. The Morgan fingerprint density at radius 3 is 2.03 bits per heavy atom. The van der Waals surface area contributed by atoms with Crippen molar-refractivity contribution in [3.63, 3.8) is 0 Å². The summed E-state index contributed by atoms with van der Waals surface area (Å²) in [6.45, 7) is 14.2. The molecule has 1 spiro atoms. The molecule has 332 valence electrons. The number of anilines is 1. The highest BCUT2D eigenvalue weighted by molar-refractivity contribution is 7.22. The molecule has 62 heavy (non-hydrogen) atoms. The second-order valence-corrected chi connectivity index (χ2v) is 17.5. The van der Waals surface area contributed by atoms with Gasteiger partial charge in [-0.05, 0) is 105 Å². The maximum Gasteiger partial charge on any atom is 0.416 e. The van der Waals surface area contributed by atoms with E-state index in [1.807, 2.05) is 13.0 Å². The molecule has 2 aromatic carbocycles. The van der Waals surface area contributed by atoms with Crippen molar-refractivity contribution in [2.24, 2.45) is 0 Å². The number of alkyl halides is 3. The van der Waals surface area contributed by atoms with Crippen molar-refractivity contribution >= 4 is 43.8 Å². The molecule has 6 rings (SSSR count). The largest absolute Gasteiger partial charge is 0.416 e. The van der Waals surface area contributed by atoms with Crippen molar-refractivity contribution in [2.45, 2.75) is 124 Å². The van der Waals surface area contributed by atoms with Gasteiger partial charge in [0, 0.05) is 48.7 Å². The number of hydrogen-bond acceptors (Lipinski definition) is 10. The number of hydrogen-bond donors (Lipinski definition) is 0. The number of piperidine rings is 1. The zero-order valence-electron chi connectivity index (χ0n) is 36.4. The molecule has 1 aromatic heterocycles. The van der Waals surface area contributed by atoms with Gasteiger partial charge in [-0.3, -0.25) is 24.5 Å². The number of carbonyl (C=O) groups excluding carboxylic acids is 2. The first-order chi connectivity index (χ1) is 29.4. The maximum absolute atomic E-state index is 13.1. The molecule has 0 amide bonds. The molecular formula is C48H56F3N3O7S. The Bertz CT molecular complexity index is 2360. The van der Waals surface area contributed by atoms with Crippen LogP contribution in [0.15, 0.2) is 99.4 Å². The molecule has 0 radical (unpaired) electrons. The molecule has 0 saturated carbocycles. The number of carbonyl (C=O) groups is 2. The number of benzene rings is 2. The minimum atomic E-state index is -4.81. The number of fused-ring (bicyclic) bond motifs is 2. The van der Waals surface area contributed by atoms with E-state index in [-0.39, 0.29) is 27.5 Å². The zero-order valence-corrected chi connectivity index (χ0v) is 37.2. The Morgan fingerprint density at radius 1 is 0.903 bits per heavy atom. The fraction of sp³-hybridized carbons (Fsp3) is 0.458. The third-order valence-electron chi connectivity index (χ3n) is 11.1. The zero-order chi connectivity index (χ0) is 45.2. The highest BCUT2D eigenvalue weighted by atomic mass is 32.1. The van der Waals surface area contributed by atoms with Crippen LogP contribution in [0, 0.1) is 10.1 Å². The molecule has 1 aliphatic carbocycles. The van der Waals surface area contributed by atoms with Gasteiger partial charge in [0.25, 0.3) is 11.2 Å². The number of ether oxygens (including phenoxy) is 2. The van der Waals surface area contributed by atoms with E-state index in [4.69, 9.17) is 9.47 Å². The average Bonchev–Trinajstić information content (AvgIpc) is 3.58. The second-order valence-electron chi connectivity index (χ2n) is 16.6. The minimum Gasteiger partial charge on any atom is -0.348 e. The Balaban J connectivity index is 0.000000236. The standard InChI is InChI=1S/C31H40O2.C17H16F3N3O5S/c1-23(2)12-8-13-24(3)14-9-15-25(4)16-10-17-26(5)18-11-19-27-22-30(32)28-20-6-7-21-29(28)31(27)33;1-9-8-27-16(28-9)2-4-22(5-3-16)15-21-14(24)11-6-10(17(18,19)20)7-12(23(25)26)13(11)29-15/h6-7,12,14,16,18,20-22H,8-11,13,15,17,19H2,1-5H3;6-7,9H,2-5,8H2,1H3/b24-14+,25-16+,26-18+;/t;9-/m.0/s1. The van der Waals surface area contributed by atoms with Gasteiger partial charge in [-0.2, -0.15) is 18.2 Å². The van der Waals surface area contributed by atoms with Gasteiger partial charge < -0.3 is 14.4 Å². The third-order valence-corrected chi connectivity index (χ3v) is 12.3. The number of nitro groups is 1. The van der Waals surface area contributed by atoms with E-state index in [1.54, 1.807) is 23.1 Å². The summed E-state index contributed by atoms with van der Waals surface area (Å²) >= 11 is 0.838. The number of nitrogens with zero attached hydrogens (tertiary/aromatic N) is 3. The Morgan fingerprint density at radius 2 is 1.48 bits per heavy atom. The summed E-state index contributed by atoms with van der Waals surface area (Å²) in [5.41, 5.74) is 4.42. The van der Waals surface area contributed by atoms with Crippen molar-refractivity contribution < 1.29 is 37.2 Å². The van der Waals surface area contributed by atoms with Crippen LogP contribution >= 0.6 is 11.3 Å². The summed E-state index contributed by atoms with van der Waals surface area (Å²) < 4.78 is 50.6. The first-order valence-corrected chi connectivity index (χ1v) is 21.9. The highest BCUT2D eigenvalue weighted by Gasteiger charge is 2.43. The number of rotatable bonds is 14. The van der Waals surface area contributed by atoms with Gasteiger partial charge in [-0.25, -0.2) is 0 Å². The second kappa shape index (κ2) is 21.4. The van der Waals surface area contributed by atoms with Crippen LogP contribution in [0.3, 0.4) is 0 Å². The molecule has 10 nitrogen and oxygen atoms in total. The third kappa shape index (κ3) is 13.0. The minimum absolute atomic E-state index is 0.00367. The van der Waals surface area contributed by atoms with Gasteiger partial charge >= 0.3 is 6.18 Å². The molecule has 0 N–H and O–H groups in total. The molecule has 2 aliphatic heterocycles. The highest BCUT2D eigenvalue weighted by Crippen LogP contribution is 2.40. The van der Waals surface area contributed by atoms with Crippen molar-refractivity contribution in [2.75, 3.05) is 24.6 Å². The lowest BCUT2D eigenvalue weighted by atomic mass is 9.87. The summed E-state index contributed by atoms with van der Waals surface area (Å²) in [4.78, 5) is 53.4. The number of ketones is 2. The van der Waals surface area contributed by atoms with E-state index in [1.165, 1.54) is 28.4 Å². The van der Waals surface area contributed by atoms with Gasteiger partial charge in [0.2, 0.25) is 0 Å². The molecule has 3 aliphatic rings.